The van der Waals surface area contributed by atoms with E-state index < -0.39 is 0 Å². The van der Waals surface area contributed by atoms with E-state index in [0.29, 0.717) is 5.92 Å². The van der Waals surface area contributed by atoms with E-state index in [4.69, 9.17) is 4.42 Å². The molecule has 2 heteroatoms. The third kappa shape index (κ3) is 4.53. The molecule has 0 saturated heterocycles. The van der Waals surface area contributed by atoms with Crippen LogP contribution in [0, 0.1) is 6.92 Å². The maximum atomic E-state index is 5.52. The molecule has 0 radical (unpaired) electrons. The summed E-state index contributed by atoms with van der Waals surface area (Å²) >= 11 is 0. The molecule has 1 aromatic carbocycles. The van der Waals surface area contributed by atoms with Gasteiger partial charge in [-0.05, 0) is 45.4 Å². The highest BCUT2D eigenvalue weighted by Crippen LogP contribution is 2.22. The summed E-state index contributed by atoms with van der Waals surface area (Å²) in [5.41, 5.74) is 2.81. The molecule has 20 heavy (non-hydrogen) atoms. The third-order valence-corrected chi connectivity index (χ3v) is 3.42. The summed E-state index contributed by atoms with van der Waals surface area (Å²) in [4.78, 5) is 0. The number of rotatable bonds is 5. The standard InChI is InChI=1S/C18H25NO/c1-14-7-5-8-15(11-14)16(13-19-18(2,3)4)12-17-9-6-10-20-17/h5-11,16,19H,12-13H2,1-4H3. The molecule has 0 amide bonds. The molecule has 1 unspecified atom stereocenters. The van der Waals surface area contributed by atoms with Crippen LogP contribution in [0.1, 0.15) is 43.6 Å². The lowest BCUT2D eigenvalue weighted by molar-refractivity contribution is 0.393. The highest BCUT2D eigenvalue weighted by atomic mass is 16.3. The van der Waals surface area contributed by atoms with Crippen molar-refractivity contribution in [3.8, 4) is 0 Å². The van der Waals surface area contributed by atoms with Crippen LogP contribution in [0.15, 0.2) is 47.1 Å². The molecule has 0 bridgehead atoms. The molecule has 1 N–H and O–H groups in total. The SMILES string of the molecule is Cc1cccc(C(CNC(C)(C)C)Cc2ccco2)c1. The molecule has 0 saturated carbocycles. The molecule has 2 rings (SSSR count). The summed E-state index contributed by atoms with van der Waals surface area (Å²) in [5, 5.41) is 3.61. The summed E-state index contributed by atoms with van der Waals surface area (Å²) in [6.45, 7) is 9.70. The minimum absolute atomic E-state index is 0.130. The van der Waals surface area contributed by atoms with Crippen molar-refractivity contribution in [3.63, 3.8) is 0 Å². The molecular formula is C18H25NO. The first kappa shape index (κ1) is 14.9. The van der Waals surface area contributed by atoms with Crippen molar-refractivity contribution in [3.05, 3.63) is 59.5 Å². The van der Waals surface area contributed by atoms with Crippen LogP contribution in [0.5, 0.6) is 0 Å². The van der Waals surface area contributed by atoms with Gasteiger partial charge < -0.3 is 9.73 Å². The van der Waals surface area contributed by atoms with Crippen molar-refractivity contribution >= 4 is 0 Å². The van der Waals surface area contributed by atoms with E-state index in [1.165, 1.54) is 11.1 Å². The van der Waals surface area contributed by atoms with Gasteiger partial charge in [0.15, 0.2) is 0 Å². The summed E-state index contributed by atoms with van der Waals surface area (Å²) < 4.78 is 5.52. The van der Waals surface area contributed by atoms with Gasteiger partial charge in [0.2, 0.25) is 0 Å². The van der Waals surface area contributed by atoms with Crippen LogP contribution in [-0.4, -0.2) is 12.1 Å². The average molecular weight is 271 g/mol. The van der Waals surface area contributed by atoms with Gasteiger partial charge in [-0.3, -0.25) is 0 Å². The van der Waals surface area contributed by atoms with Crippen molar-refractivity contribution in [1.29, 1.82) is 0 Å². The zero-order valence-corrected chi connectivity index (χ0v) is 12.9. The number of benzene rings is 1. The van der Waals surface area contributed by atoms with E-state index in [9.17, 15) is 0 Å². The van der Waals surface area contributed by atoms with E-state index in [0.717, 1.165) is 18.7 Å². The van der Waals surface area contributed by atoms with Gasteiger partial charge in [-0.25, -0.2) is 0 Å². The molecule has 0 fully saturated rings. The third-order valence-electron chi connectivity index (χ3n) is 3.42. The first-order valence-corrected chi connectivity index (χ1v) is 7.28. The van der Waals surface area contributed by atoms with Gasteiger partial charge in [0, 0.05) is 24.4 Å². The maximum Gasteiger partial charge on any atom is 0.104 e. The second-order valence-corrected chi connectivity index (χ2v) is 6.53. The van der Waals surface area contributed by atoms with Gasteiger partial charge in [0.1, 0.15) is 5.76 Å². The Morgan fingerprint density at radius 2 is 1.95 bits per heavy atom. The average Bonchev–Trinajstić information content (AvgIpc) is 2.86. The highest BCUT2D eigenvalue weighted by molar-refractivity contribution is 5.27. The van der Waals surface area contributed by atoms with Crippen LogP contribution in [0.3, 0.4) is 0 Å². The maximum absolute atomic E-state index is 5.52. The highest BCUT2D eigenvalue weighted by Gasteiger charge is 2.17. The van der Waals surface area contributed by atoms with Gasteiger partial charge >= 0.3 is 0 Å². The minimum atomic E-state index is 0.130. The Morgan fingerprint density at radius 1 is 1.15 bits per heavy atom. The second kappa shape index (κ2) is 6.27. The van der Waals surface area contributed by atoms with Gasteiger partial charge in [0.25, 0.3) is 0 Å². The molecule has 0 spiro atoms. The Bertz CT molecular complexity index is 523. The van der Waals surface area contributed by atoms with Crippen molar-refractivity contribution < 1.29 is 4.42 Å². The minimum Gasteiger partial charge on any atom is -0.469 e. The van der Waals surface area contributed by atoms with Crippen molar-refractivity contribution in [2.45, 2.75) is 45.6 Å². The topological polar surface area (TPSA) is 25.2 Å². The summed E-state index contributed by atoms with van der Waals surface area (Å²) in [5.74, 6) is 1.48. The lowest BCUT2D eigenvalue weighted by atomic mass is 9.92. The predicted octanol–water partition coefficient (Wildman–Crippen LogP) is 4.30. The molecule has 2 nitrogen and oxygen atoms in total. The second-order valence-electron chi connectivity index (χ2n) is 6.53. The molecule has 1 heterocycles. The largest absolute Gasteiger partial charge is 0.469 e. The Labute approximate surface area is 122 Å². The number of furan rings is 1. The Kier molecular flexibility index (Phi) is 4.66. The first-order chi connectivity index (χ1) is 9.44. The number of aryl methyl sites for hydroxylation is 1. The summed E-state index contributed by atoms with van der Waals surface area (Å²) in [7, 11) is 0. The Morgan fingerprint density at radius 3 is 2.55 bits per heavy atom. The zero-order chi connectivity index (χ0) is 14.6. The van der Waals surface area contributed by atoms with Crippen LogP contribution in [0.25, 0.3) is 0 Å². The molecule has 0 aliphatic carbocycles. The molecule has 2 aromatic rings. The molecule has 1 aromatic heterocycles. The number of nitrogens with one attached hydrogen (secondary N) is 1. The smallest absolute Gasteiger partial charge is 0.104 e. The number of hydrogen-bond acceptors (Lipinski definition) is 2. The number of hydrogen-bond donors (Lipinski definition) is 1. The summed E-state index contributed by atoms with van der Waals surface area (Å²) in [6.07, 6.45) is 2.68. The Hall–Kier alpha value is -1.54. The lowest BCUT2D eigenvalue weighted by Gasteiger charge is -2.25. The molecule has 0 aliphatic heterocycles. The Balaban J connectivity index is 2.15. The van der Waals surface area contributed by atoms with E-state index in [1.54, 1.807) is 6.26 Å². The fourth-order valence-corrected chi connectivity index (χ4v) is 2.33. The van der Waals surface area contributed by atoms with Crippen molar-refractivity contribution in [2.24, 2.45) is 0 Å². The van der Waals surface area contributed by atoms with Gasteiger partial charge in [-0.2, -0.15) is 0 Å². The van der Waals surface area contributed by atoms with Gasteiger partial charge in [0.05, 0.1) is 6.26 Å². The normalized spacial score (nSPS) is 13.4. The fraction of sp³-hybridized carbons (Fsp3) is 0.444. The van der Waals surface area contributed by atoms with E-state index >= 15 is 0 Å². The summed E-state index contributed by atoms with van der Waals surface area (Å²) in [6, 6.07) is 12.8. The van der Waals surface area contributed by atoms with Crippen LogP contribution in [-0.2, 0) is 6.42 Å². The van der Waals surface area contributed by atoms with Crippen molar-refractivity contribution in [1.82, 2.24) is 5.32 Å². The van der Waals surface area contributed by atoms with Crippen LogP contribution in [0.4, 0.5) is 0 Å². The zero-order valence-electron chi connectivity index (χ0n) is 12.9. The quantitative estimate of drug-likeness (QED) is 0.877. The lowest BCUT2D eigenvalue weighted by Crippen LogP contribution is -2.39. The van der Waals surface area contributed by atoms with Crippen LogP contribution >= 0.6 is 0 Å². The van der Waals surface area contributed by atoms with Crippen LogP contribution < -0.4 is 5.32 Å². The van der Waals surface area contributed by atoms with Gasteiger partial charge in [-0.1, -0.05) is 29.8 Å². The van der Waals surface area contributed by atoms with E-state index in [-0.39, 0.29) is 5.54 Å². The van der Waals surface area contributed by atoms with Crippen molar-refractivity contribution in [2.75, 3.05) is 6.54 Å². The van der Waals surface area contributed by atoms with E-state index in [1.807, 2.05) is 6.07 Å². The fourth-order valence-electron chi connectivity index (χ4n) is 2.33. The molecular weight excluding hydrogens is 246 g/mol. The van der Waals surface area contributed by atoms with Gasteiger partial charge in [-0.15, -0.1) is 0 Å². The van der Waals surface area contributed by atoms with E-state index in [2.05, 4.69) is 63.3 Å². The van der Waals surface area contributed by atoms with Crippen LogP contribution in [0.2, 0.25) is 0 Å². The monoisotopic (exact) mass is 271 g/mol. The predicted molar refractivity (Wildman–Crippen MR) is 84.1 cm³/mol. The molecule has 0 aliphatic rings. The molecule has 108 valence electrons. The molecule has 1 atom stereocenters. The first-order valence-electron chi connectivity index (χ1n) is 7.28.